The SMILES string of the molecule is CC(N)c1ccc(C(F)(F)P(=O)(O)O)c(Br)c1. The lowest BCUT2D eigenvalue weighted by Gasteiger charge is -2.20. The first-order chi connectivity index (χ1) is 7.57. The van der Waals surface area contributed by atoms with Crippen molar-refractivity contribution >= 4 is 23.5 Å². The van der Waals surface area contributed by atoms with Gasteiger partial charge in [-0.2, -0.15) is 8.78 Å². The summed E-state index contributed by atoms with van der Waals surface area (Å²) in [5, 5.41) is 0. The molecule has 0 saturated heterocycles. The summed E-state index contributed by atoms with van der Waals surface area (Å²) >= 11 is 2.86. The molecule has 0 aliphatic rings. The van der Waals surface area contributed by atoms with Crippen LogP contribution in [0.25, 0.3) is 0 Å². The van der Waals surface area contributed by atoms with Gasteiger partial charge in [0.2, 0.25) is 0 Å². The van der Waals surface area contributed by atoms with Crippen LogP contribution in [-0.2, 0) is 10.2 Å². The summed E-state index contributed by atoms with van der Waals surface area (Å²) in [6.45, 7) is 1.67. The molecule has 1 unspecified atom stereocenters. The molecule has 0 saturated carbocycles. The number of benzene rings is 1. The molecule has 1 aromatic carbocycles. The topological polar surface area (TPSA) is 83.6 Å². The van der Waals surface area contributed by atoms with Crippen LogP contribution in [0.1, 0.15) is 24.1 Å². The van der Waals surface area contributed by atoms with Crippen molar-refractivity contribution in [2.75, 3.05) is 0 Å². The Labute approximate surface area is 105 Å². The maximum absolute atomic E-state index is 13.4. The summed E-state index contributed by atoms with van der Waals surface area (Å²) in [5.74, 6) is 0. The highest BCUT2D eigenvalue weighted by atomic mass is 79.9. The van der Waals surface area contributed by atoms with E-state index in [1.807, 2.05) is 0 Å². The van der Waals surface area contributed by atoms with Crippen LogP contribution in [0, 0.1) is 0 Å². The molecule has 0 radical (unpaired) electrons. The lowest BCUT2D eigenvalue weighted by atomic mass is 10.1. The van der Waals surface area contributed by atoms with Crippen molar-refractivity contribution in [3.8, 4) is 0 Å². The molecule has 0 amide bonds. The summed E-state index contributed by atoms with van der Waals surface area (Å²) in [5.41, 5.74) is 1.18. The molecular weight excluding hydrogens is 319 g/mol. The van der Waals surface area contributed by atoms with Crippen molar-refractivity contribution in [3.05, 3.63) is 33.8 Å². The first kappa shape index (κ1) is 14.7. The Morgan fingerprint density at radius 2 is 2.00 bits per heavy atom. The number of hydrogen-bond donors (Lipinski definition) is 3. The van der Waals surface area contributed by atoms with E-state index in [1.165, 1.54) is 12.1 Å². The third kappa shape index (κ3) is 2.92. The number of halogens is 3. The molecule has 4 N–H and O–H groups in total. The molecule has 0 aliphatic heterocycles. The zero-order valence-corrected chi connectivity index (χ0v) is 11.3. The lowest BCUT2D eigenvalue weighted by Crippen LogP contribution is -2.15. The Balaban J connectivity index is 3.31. The van der Waals surface area contributed by atoms with Gasteiger partial charge >= 0.3 is 13.3 Å². The number of hydrogen-bond acceptors (Lipinski definition) is 2. The standard InChI is InChI=1S/C9H11BrF2NO3P/c1-5(13)6-2-3-7(8(10)4-6)9(11,12)17(14,15)16/h2-5H,13H2,1H3,(H2,14,15,16). The van der Waals surface area contributed by atoms with Crippen LogP contribution < -0.4 is 5.73 Å². The van der Waals surface area contributed by atoms with Crippen molar-refractivity contribution < 1.29 is 23.1 Å². The second kappa shape index (κ2) is 4.74. The Hall–Kier alpha value is -0.330. The fourth-order valence-electron chi connectivity index (χ4n) is 1.22. The van der Waals surface area contributed by atoms with Crippen LogP contribution in [0.4, 0.5) is 8.78 Å². The molecule has 96 valence electrons. The molecule has 17 heavy (non-hydrogen) atoms. The maximum atomic E-state index is 13.4. The summed E-state index contributed by atoms with van der Waals surface area (Å²) in [6, 6.07) is 3.24. The number of nitrogens with two attached hydrogens (primary N) is 1. The Bertz CT molecular complexity index is 475. The van der Waals surface area contributed by atoms with Gasteiger partial charge in [0.25, 0.3) is 0 Å². The Morgan fingerprint density at radius 1 is 1.47 bits per heavy atom. The van der Waals surface area contributed by atoms with Crippen molar-refractivity contribution in [1.82, 2.24) is 0 Å². The van der Waals surface area contributed by atoms with Crippen molar-refractivity contribution in [1.29, 1.82) is 0 Å². The molecule has 0 heterocycles. The second-order valence-electron chi connectivity index (χ2n) is 3.61. The average molecular weight is 330 g/mol. The fraction of sp³-hybridized carbons (Fsp3) is 0.333. The predicted octanol–water partition coefficient (Wildman–Crippen LogP) is 2.70. The van der Waals surface area contributed by atoms with E-state index < -0.39 is 18.8 Å². The fourth-order valence-corrected chi connectivity index (χ4v) is 2.52. The molecule has 4 nitrogen and oxygen atoms in total. The molecule has 0 aromatic heterocycles. The minimum absolute atomic E-state index is 0.0828. The molecule has 1 rings (SSSR count). The van der Waals surface area contributed by atoms with Gasteiger partial charge in [-0.25, -0.2) is 0 Å². The zero-order valence-electron chi connectivity index (χ0n) is 8.77. The molecule has 0 aliphatic carbocycles. The van der Waals surface area contributed by atoms with E-state index >= 15 is 0 Å². The van der Waals surface area contributed by atoms with E-state index in [4.69, 9.17) is 15.5 Å². The van der Waals surface area contributed by atoms with Gasteiger partial charge in [0.05, 0.1) is 0 Å². The third-order valence-electron chi connectivity index (χ3n) is 2.21. The minimum atomic E-state index is -5.55. The van der Waals surface area contributed by atoms with Crippen molar-refractivity contribution in [3.63, 3.8) is 0 Å². The van der Waals surface area contributed by atoms with Crippen LogP contribution in [0.15, 0.2) is 22.7 Å². The molecular formula is C9H11BrF2NO3P. The second-order valence-corrected chi connectivity index (χ2v) is 6.12. The van der Waals surface area contributed by atoms with Gasteiger partial charge in [-0.1, -0.05) is 28.1 Å². The summed E-state index contributed by atoms with van der Waals surface area (Å²) in [6.07, 6.45) is 0. The van der Waals surface area contributed by atoms with E-state index in [2.05, 4.69) is 15.9 Å². The molecule has 1 atom stereocenters. The van der Waals surface area contributed by atoms with E-state index in [9.17, 15) is 13.3 Å². The molecule has 0 spiro atoms. The van der Waals surface area contributed by atoms with Gasteiger partial charge in [-0.15, -0.1) is 0 Å². The van der Waals surface area contributed by atoms with Crippen LogP contribution in [0.5, 0.6) is 0 Å². The van der Waals surface area contributed by atoms with E-state index in [-0.39, 0.29) is 10.5 Å². The van der Waals surface area contributed by atoms with E-state index in [0.29, 0.717) is 5.56 Å². The van der Waals surface area contributed by atoms with Crippen molar-refractivity contribution in [2.24, 2.45) is 5.73 Å². The highest BCUT2D eigenvalue weighted by Crippen LogP contribution is 2.60. The average Bonchev–Trinajstić information content (AvgIpc) is 2.15. The van der Waals surface area contributed by atoms with Crippen LogP contribution in [-0.4, -0.2) is 9.79 Å². The highest BCUT2D eigenvalue weighted by molar-refractivity contribution is 9.10. The van der Waals surface area contributed by atoms with Gasteiger partial charge < -0.3 is 15.5 Å². The van der Waals surface area contributed by atoms with E-state index in [1.54, 1.807) is 6.92 Å². The minimum Gasteiger partial charge on any atom is -0.324 e. The smallest absolute Gasteiger partial charge is 0.324 e. The normalized spacial score (nSPS) is 14.8. The molecule has 8 heteroatoms. The molecule has 0 bridgehead atoms. The monoisotopic (exact) mass is 329 g/mol. The van der Waals surface area contributed by atoms with Crippen LogP contribution in [0.3, 0.4) is 0 Å². The molecule has 0 fully saturated rings. The Morgan fingerprint density at radius 3 is 2.35 bits per heavy atom. The zero-order chi connectivity index (χ0) is 13.4. The van der Waals surface area contributed by atoms with Gasteiger partial charge in [0, 0.05) is 16.1 Å². The largest absolute Gasteiger partial charge is 0.399 e. The summed E-state index contributed by atoms with van der Waals surface area (Å²) < 4.78 is 37.5. The first-order valence-electron chi connectivity index (χ1n) is 4.56. The lowest BCUT2D eigenvalue weighted by molar-refractivity contribution is 0.0557. The van der Waals surface area contributed by atoms with Gasteiger partial charge in [-0.3, -0.25) is 4.57 Å². The van der Waals surface area contributed by atoms with Gasteiger partial charge in [0.1, 0.15) is 0 Å². The van der Waals surface area contributed by atoms with Gasteiger partial charge in [0.15, 0.2) is 0 Å². The van der Waals surface area contributed by atoms with Crippen LogP contribution in [0.2, 0.25) is 0 Å². The van der Waals surface area contributed by atoms with E-state index in [0.717, 1.165) is 6.07 Å². The maximum Gasteiger partial charge on any atom is 0.399 e. The third-order valence-corrected chi connectivity index (χ3v) is 3.84. The summed E-state index contributed by atoms with van der Waals surface area (Å²) in [4.78, 5) is 17.2. The van der Waals surface area contributed by atoms with Gasteiger partial charge in [-0.05, 0) is 18.6 Å². The Kier molecular flexibility index (Phi) is 4.11. The highest BCUT2D eigenvalue weighted by Gasteiger charge is 2.51. The first-order valence-corrected chi connectivity index (χ1v) is 6.97. The number of rotatable bonds is 3. The number of alkyl halides is 2. The molecule has 1 aromatic rings. The quantitative estimate of drug-likeness (QED) is 0.744. The predicted molar refractivity (Wildman–Crippen MR) is 62.7 cm³/mol. The summed E-state index contributed by atoms with van der Waals surface area (Å²) in [7, 11) is -5.55. The van der Waals surface area contributed by atoms with Crippen LogP contribution >= 0.6 is 23.5 Å². The van der Waals surface area contributed by atoms with Crippen molar-refractivity contribution in [2.45, 2.75) is 18.6 Å².